The number of rotatable bonds is 6. The second kappa shape index (κ2) is 11.3. The molecule has 0 spiro atoms. The van der Waals surface area contributed by atoms with Crippen LogP contribution in [0.15, 0.2) is 27.8 Å². The number of aliphatic imine (C=N–C) groups is 1. The molecule has 2 heterocycles. The lowest BCUT2D eigenvalue weighted by Crippen LogP contribution is -2.46. The number of nitrogens with one attached hydrogen (secondary N) is 2. The Balaban J connectivity index is 0.00000288. The number of nitrogens with zero attached hydrogens (tertiary/aromatic N) is 2. The van der Waals surface area contributed by atoms with Crippen LogP contribution in [0.3, 0.4) is 0 Å². The Bertz CT molecular complexity index is 497. The summed E-state index contributed by atoms with van der Waals surface area (Å²) >= 11 is 0. The number of likely N-dealkylation sites (tertiary alicyclic amines) is 1. The van der Waals surface area contributed by atoms with Gasteiger partial charge in [-0.2, -0.15) is 0 Å². The molecule has 0 aromatic carbocycles. The van der Waals surface area contributed by atoms with Gasteiger partial charge in [0.2, 0.25) is 5.91 Å². The molecule has 1 aromatic heterocycles. The highest BCUT2D eigenvalue weighted by molar-refractivity contribution is 14.0. The van der Waals surface area contributed by atoms with E-state index in [2.05, 4.69) is 22.5 Å². The number of piperidine rings is 1. The van der Waals surface area contributed by atoms with Crippen molar-refractivity contribution in [1.29, 1.82) is 0 Å². The van der Waals surface area contributed by atoms with E-state index in [1.165, 1.54) is 0 Å². The fraction of sp³-hybridized carbons (Fsp3) is 0.647. The van der Waals surface area contributed by atoms with E-state index < -0.39 is 0 Å². The number of carbonyl (C=O) groups excluding carboxylic acids is 1. The molecule has 0 unspecified atom stereocenters. The number of halogens is 1. The van der Waals surface area contributed by atoms with Gasteiger partial charge in [-0.05, 0) is 37.8 Å². The highest BCUT2D eigenvalue weighted by atomic mass is 127. The maximum absolute atomic E-state index is 11.5. The van der Waals surface area contributed by atoms with Gasteiger partial charge >= 0.3 is 0 Å². The maximum Gasteiger partial charge on any atom is 0.220 e. The number of carbonyl (C=O) groups is 1. The Kier molecular flexibility index (Phi) is 9.82. The minimum absolute atomic E-state index is 0. The first-order valence-corrected chi connectivity index (χ1v) is 8.49. The van der Waals surface area contributed by atoms with Gasteiger partial charge in [0, 0.05) is 46.1 Å². The van der Waals surface area contributed by atoms with Crippen molar-refractivity contribution >= 4 is 35.8 Å². The van der Waals surface area contributed by atoms with E-state index in [0.29, 0.717) is 18.9 Å². The van der Waals surface area contributed by atoms with Crippen LogP contribution in [0.4, 0.5) is 0 Å². The summed E-state index contributed by atoms with van der Waals surface area (Å²) in [5, 5.41) is 6.08. The zero-order valence-corrected chi connectivity index (χ0v) is 16.9. The standard InChI is InChI=1S/C17H28N4O2.HI/c1-3-19-17(20-9-6-15-5-4-12-23-15)21-10-7-14(8-11-21)13-16(22)18-2;/h4-5,12,14H,3,6-11,13H2,1-2H3,(H,18,22)(H,19,20);1H. The number of hydrogen-bond donors (Lipinski definition) is 2. The van der Waals surface area contributed by atoms with Gasteiger partial charge in [-0.3, -0.25) is 9.79 Å². The summed E-state index contributed by atoms with van der Waals surface area (Å²) in [5.41, 5.74) is 0. The smallest absolute Gasteiger partial charge is 0.220 e. The molecule has 136 valence electrons. The van der Waals surface area contributed by atoms with E-state index in [1.54, 1.807) is 13.3 Å². The third kappa shape index (κ3) is 6.70. The Hall–Kier alpha value is -1.25. The molecule has 1 fully saturated rings. The minimum Gasteiger partial charge on any atom is -0.469 e. The Morgan fingerprint density at radius 1 is 1.42 bits per heavy atom. The van der Waals surface area contributed by atoms with Crippen LogP contribution in [0.1, 0.15) is 31.9 Å². The molecule has 1 aliphatic rings. The van der Waals surface area contributed by atoms with E-state index >= 15 is 0 Å². The summed E-state index contributed by atoms with van der Waals surface area (Å²) in [6.45, 7) is 5.56. The SMILES string of the molecule is CCNC(=NCCc1ccco1)N1CCC(CC(=O)NC)CC1.I. The van der Waals surface area contributed by atoms with Crippen LogP contribution in [0, 0.1) is 5.92 Å². The van der Waals surface area contributed by atoms with Crippen molar-refractivity contribution in [2.45, 2.75) is 32.6 Å². The first-order valence-electron chi connectivity index (χ1n) is 8.49. The van der Waals surface area contributed by atoms with E-state index in [9.17, 15) is 4.79 Å². The second-order valence-electron chi connectivity index (χ2n) is 5.87. The zero-order valence-electron chi connectivity index (χ0n) is 14.6. The van der Waals surface area contributed by atoms with Crippen LogP contribution < -0.4 is 10.6 Å². The van der Waals surface area contributed by atoms with Gasteiger partial charge < -0.3 is 20.0 Å². The quantitative estimate of drug-likeness (QED) is 0.398. The summed E-state index contributed by atoms with van der Waals surface area (Å²) in [6.07, 6.45) is 5.22. The number of guanidine groups is 1. The molecule has 24 heavy (non-hydrogen) atoms. The van der Waals surface area contributed by atoms with E-state index in [4.69, 9.17) is 9.41 Å². The number of amides is 1. The van der Waals surface area contributed by atoms with Crippen molar-refractivity contribution in [3.05, 3.63) is 24.2 Å². The molecule has 1 amide bonds. The van der Waals surface area contributed by atoms with Crippen LogP contribution in [0.5, 0.6) is 0 Å². The molecule has 0 atom stereocenters. The highest BCUT2D eigenvalue weighted by Crippen LogP contribution is 2.20. The van der Waals surface area contributed by atoms with Crippen molar-refractivity contribution in [2.24, 2.45) is 10.9 Å². The third-order valence-electron chi connectivity index (χ3n) is 4.20. The van der Waals surface area contributed by atoms with Crippen molar-refractivity contribution in [3.63, 3.8) is 0 Å². The summed E-state index contributed by atoms with van der Waals surface area (Å²) in [6, 6.07) is 3.88. The van der Waals surface area contributed by atoms with Crippen LogP contribution >= 0.6 is 24.0 Å². The molecule has 1 aliphatic heterocycles. The Morgan fingerprint density at radius 2 is 2.17 bits per heavy atom. The molecule has 1 saturated heterocycles. The van der Waals surface area contributed by atoms with E-state index in [0.717, 1.165) is 50.6 Å². The first kappa shape index (κ1) is 20.8. The molecule has 6 nitrogen and oxygen atoms in total. The van der Waals surface area contributed by atoms with Crippen LogP contribution in [-0.4, -0.2) is 50.0 Å². The van der Waals surface area contributed by atoms with Gasteiger partial charge in [0.1, 0.15) is 5.76 Å². The average molecular weight is 448 g/mol. The van der Waals surface area contributed by atoms with Crippen molar-refractivity contribution in [1.82, 2.24) is 15.5 Å². The molecule has 2 N–H and O–H groups in total. The van der Waals surface area contributed by atoms with Crippen LogP contribution in [0.25, 0.3) is 0 Å². The van der Waals surface area contributed by atoms with Gasteiger partial charge in [-0.25, -0.2) is 0 Å². The lowest BCUT2D eigenvalue weighted by Gasteiger charge is -2.34. The molecule has 0 aliphatic carbocycles. The zero-order chi connectivity index (χ0) is 16.5. The summed E-state index contributed by atoms with van der Waals surface area (Å²) < 4.78 is 5.34. The fourth-order valence-electron chi connectivity index (χ4n) is 2.87. The average Bonchev–Trinajstić information content (AvgIpc) is 3.08. The van der Waals surface area contributed by atoms with Gasteiger partial charge in [0.15, 0.2) is 5.96 Å². The molecule has 7 heteroatoms. The molecule has 0 bridgehead atoms. The predicted molar refractivity (Wildman–Crippen MR) is 107 cm³/mol. The monoisotopic (exact) mass is 448 g/mol. The van der Waals surface area contributed by atoms with Gasteiger partial charge in [0.25, 0.3) is 0 Å². The highest BCUT2D eigenvalue weighted by Gasteiger charge is 2.22. The van der Waals surface area contributed by atoms with Crippen molar-refractivity contribution < 1.29 is 9.21 Å². The molecular formula is C17H29IN4O2. The van der Waals surface area contributed by atoms with Crippen molar-refractivity contribution in [2.75, 3.05) is 33.2 Å². The molecule has 0 saturated carbocycles. The molecule has 2 rings (SSSR count). The first-order chi connectivity index (χ1) is 11.2. The third-order valence-corrected chi connectivity index (χ3v) is 4.20. The van der Waals surface area contributed by atoms with Crippen LogP contribution in [0.2, 0.25) is 0 Å². The molecule has 1 aromatic rings. The van der Waals surface area contributed by atoms with Gasteiger partial charge in [0.05, 0.1) is 6.26 Å². The minimum atomic E-state index is 0. The van der Waals surface area contributed by atoms with E-state index in [1.807, 2.05) is 12.1 Å². The topological polar surface area (TPSA) is 69.9 Å². The van der Waals surface area contributed by atoms with E-state index in [-0.39, 0.29) is 29.9 Å². The predicted octanol–water partition coefficient (Wildman–Crippen LogP) is 2.25. The normalized spacial score (nSPS) is 15.8. The van der Waals surface area contributed by atoms with Gasteiger partial charge in [-0.15, -0.1) is 24.0 Å². The lowest BCUT2D eigenvalue weighted by atomic mass is 9.93. The Morgan fingerprint density at radius 3 is 2.75 bits per heavy atom. The summed E-state index contributed by atoms with van der Waals surface area (Å²) in [5.74, 6) is 2.56. The lowest BCUT2D eigenvalue weighted by molar-refractivity contribution is -0.121. The van der Waals surface area contributed by atoms with Crippen molar-refractivity contribution in [3.8, 4) is 0 Å². The number of furan rings is 1. The molecule has 0 radical (unpaired) electrons. The summed E-state index contributed by atoms with van der Waals surface area (Å²) in [4.78, 5) is 18.5. The molecular weight excluding hydrogens is 419 g/mol. The second-order valence-corrected chi connectivity index (χ2v) is 5.87. The maximum atomic E-state index is 11.5. The number of hydrogen-bond acceptors (Lipinski definition) is 3. The van der Waals surface area contributed by atoms with Gasteiger partial charge in [-0.1, -0.05) is 0 Å². The Labute approximate surface area is 161 Å². The largest absolute Gasteiger partial charge is 0.469 e. The fourth-order valence-corrected chi connectivity index (χ4v) is 2.87. The summed E-state index contributed by atoms with van der Waals surface area (Å²) in [7, 11) is 1.70. The van der Waals surface area contributed by atoms with Crippen LogP contribution in [-0.2, 0) is 11.2 Å².